The third-order valence-corrected chi connectivity index (χ3v) is 5.15. The lowest BCUT2D eigenvalue weighted by atomic mass is 9.83. The van der Waals surface area contributed by atoms with E-state index in [0.717, 1.165) is 46.8 Å². The molecule has 1 fully saturated rings. The average molecular weight is 382 g/mol. The highest BCUT2D eigenvalue weighted by molar-refractivity contribution is 9.10. The molecule has 0 radical (unpaired) electrons. The van der Waals surface area contributed by atoms with Gasteiger partial charge in [-0.3, -0.25) is 4.68 Å². The van der Waals surface area contributed by atoms with Crippen LogP contribution in [-0.4, -0.2) is 28.6 Å². The molecule has 1 aromatic carbocycles. The largest absolute Gasteiger partial charge is 0.495 e. The number of ether oxygens (including phenoxy) is 2. The predicted octanol–water partition coefficient (Wildman–Crippen LogP) is 3.78. The Morgan fingerprint density at radius 2 is 2.13 bits per heavy atom. The van der Waals surface area contributed by atoms with Crippen LogP contribution in [0.3, 0.4) is 0 Å². The first-order valence-electron chi connectivity index (χ1n) is 7.61. The van der Waals surface area contributed by atoms with E-state index in [1.807, 2.05) is 23.7 Å². The Labute approximate surface area is 143 Å². The van der Waals surface area contributed by atoms with Crippen molar-refractivity contribution in [3.05, 3.63) is 22.8 Å². The quantitative estimate of drug-likeness (QED) is 0.876. The fourth-order valence-corrected chi connectivity index (χ4v) is 3.73. The van der Waals surface area contributed by atoms with Crippen molar-refractivity contribution in [3.8, 4) is 5.75 Å². The van der Waals surface area contributed by atoms with E-state index in [-0.39, 0.29) is 0 Å². The molecule has 0 aliphatic heterocycles. The van der Waals surface area contributed by atoms with Gasteiger partial charge in [-0.25, -0.2) is 4.79 Å². The van der Waals surface area contributed by atoms with E-state index in [1.165, 1.54) is 0 Å². The molecule has 1 amide bonds. The van der Waals surface area contributed by atoms with Crippen LogP contribution in [0.4, 0.5) is 4.79 Å². The van der Waals surface area contributed by atoms with Gasteiger partial charge in [0.25, 0.3) is 0 Å². The number of carbonyl (C=O) groups excluding carboxylic acids is 1. The number of hydrogen-bond acceptors (Lipinski definition) is 4. The van der Waals surface area contributed by atoms with Crippen molar-refractivity contribution in [2.75, 3.05) is 7.11 Å². The summed E-state index contributed by atoms with van der Waals surface area (Å²) in [6.07, 6.45) is 4.72. The molecule has 0 atom stereocenters. The zero-order valence-corrected chi connectivity index (χ0v) is 14.8. The Bertz CT molecular complexity index is 735. The third-order valence-electron chi connectivity index (χ3n) is 4.53. The second kappa shape index (κ2) is 6.03. The summed E-state index contributed by atoms with van der Waals surface area (Å²) in [5.41, 5.74) is 5.60. The molecule has 0 saturated heterocycles. The summed E-state index contributed by atoms with van der Waals surface area (Å²) in [6, 6.07) is 4.25. The van der Waals surface area contributed by atoms with Crippen molar-refractivity contribution >= 4 is 32.9 Å². The third kappa shape index (κ3) is 3.29. The normalized spacial score (nSPS) is 24.6. The first-order valence-corrected chi connectivity index (χ1v) is 8.40. The molecule has 7 heteroatoms. The lowest BCUT2D eigenvalue weighted by molar-refractivity contribution is -0.00751. The van der Waals surface area contributed by atoms with E-state index < -0.39 is 11.7 Å². The SMILES string of the molecule is COc1cc2nn(C3CCC(C)(OC(N)=O)CC3)cc2cc1Br. The second-order valence-corrected chi connectivity index (χ2v) is 7.11. The molecule has 6 nitrogen and oxygen atoms in total. The summed E-state index contributed by atoms with van der Waals surface area (Å²) in [7, 11) is 1.64. The minimum absolute atomic E-state index is 0.303. The van der Waals surface area contributed by atoms with Crippen molar-refractivity contribution < 1.29 is 14.3 Å². The molecule has 124 valence electrons. The topological polar surface area (TPSA) is 79.4 Å². The van der Waals surface area contributed by atoms with Gasteiger partial charge in [-0.1, -0.05) is 0 Å². The van der Waals surface area contributed by atoms with Crippen molar-refractivity contribution in [2.45, 2.75) is 44.2 Å². The maximum absolute atomic E-state index is 11.0. The molecule has 0 spiro atoms. The second-order valence-electron chi connectivity index (χ2n) is 6.26. The van der Waals surface area contributed by atoms with Gasteiger partial charge in [0, 0.05) is 17.6 Å². The van der Waals surface area contributed by atoms with Crippen LogP contribution >= 0.6 is 15.9 Å². The van der Waals surface area contributed by atoms with E-state index in [2.05, 4.69) is 27.2 Å². The van der Waals surface area contributed by atoms with Crippen molar-refractivity contribution in [1.29, 1.82) is 0 Å². The first-order chi connectivity index (χ1) is 10.9. The monoisotopic (exact) mass is 381 g/mol. The molecule has 2 aromatic rings. The summed E-state index contributed by atoms with van der Waals surface area (Å²) in [4.78, 5) is 11.0. The molecule has 1 aliphatic carbocycles. The van der Waals surface area contributed by atoms with Crippen LogP contribution in [0.15, 0.2) is 22.8 Å². The van der Waals surface area contributed by atoms with Crippen LogP contribution in [0, 0.1) is 0 Å². The zero-order chi connectivity index (χ0) is 16.6. The highest BCUT2D eigenvalue weighted by Gasteiger charge is 2.35. The minimum atomic E-state index is -0.701. The molecular weight excluding hydrogens is 362 g/mol. The van der Waals surface area contributed by atoms with Crippen molar-refractivity contribution in [1.82, 2.24) is 9.78 Å². The van der Waals surface area contributed by atoms with E-state index in [9.17, 15) is 4.79 Å². The van der Waals surface area contributed by atoms with Crippen LogP contribution in [-0.2, 0) is 4.74 Å². The molecular formula is C16H20BrN3O3. The number of hydrogen-bond donors (Lipinski definition) is 1. The molecule has 3 rings (SSSR count). The fourth-order valence-electron chi connectivity index (χ4n) is 3.21. The molecule has 2 N–H and O–H groups in total. The molecule has 0 unspecified atom stereocenters. The first kappa shape index (κ1) is 16.1. The van der Waals surface area contributed by atoms with Gasteiger partial charge >= 0.3 is 6.09 Å². The maximum atomic E-state index is 11.0. The number of nitrogens with zero attached hydrogens (tertiary/aromatic N) is 2. The number of benzene rings is 1. The van der Waals surface area contributed by atoms with Crippen molar-refractivity contribution in [2.24, 2.45) is 5.73 Å². The fraction of sp³-hybridized carbons (Fsp3) is 0.500. The molecule has 1 aromatic heterocycles. The van der Waals surface area contributed by atoms with E-state index in [4.69, 9.17) is 15.2 Å². The van der Waals surface area contributed by atoms with Crippen LogP contribution in [0.2, 0.25) is 0 Å². The summed E-state index contributed by atoms with van der Waals surface area (Å²) in [5, 5.41) is 5.75. The van der Waals surface area contributed by atoms with Gasteiger partial charge in [-0.05, 0) is 54.6 Å². The molecule has 1 saturated carbocycles. The number of aromatic nitrogens is 2. The van der Waals surface area contributed by atoms with Gasteiger partial charge in [-0.15, -0.1) is 0 Å². The number of nitrogens with two attached hydrogens (primary N) is 1. The highest BCUT2D eigenvalue weighted by Crippen LogP contribution is 2.38. The zero-order valence-electron chi connectivity index (χ0n) is 13.2. The smallest absolute Gasteiger partial charge is 0.405 e. The lowest BCUT2D eigenvalue weighted by Gasteiger charge is -2.36. The van der Waals surface area contributed by atoms with E-state index in [0.29, 0.717) is 6.04 Å². The van der Waals surface area contributed by atoms with Crippen LogP contribution < -0.4 is 10.5 Å². The summed E-state index contributed by atoms with van der Waals surface area (Å²) in [6.45, 7) is 1.94. The summed E-state index contributed by atoms with van der Waals surface area (Å²) in [5.74, 6) is 0.772. The molecule has 23 heavy (non-hydrogen) atoms. The summed E-state index contributed by atoms with van der Waals surface area (Å²) >= 11 is 3.50. The van der Waals surface area contributed by atoms with Crippen LogP contribution in [0.1, 0.15) is 38.6 Å². The van der Waals surface area contributed by atoms with Gasteiger partial charge in [0.2, 0.25) is 0 Å². The number of fused-ring (bicyclic) bond motifs is 1. The lowest BCUT2D eigenvalue weighted by Crippen LogP contribution is -2.38. The van der Waals surface area contributed by atoms with Gasteiger partial charge in [0.1, 0.15) is 11.4 Å². The van der Waals surface area contributed by atoms with Gasteiger partial charge in [0.15, 0.2) is 0 Å². The Hall–Kier alpha value is -1.76. The van der Waals surface area contributed by atoms with Crippen LogP contribution in [0.25, 0.3) is 10.9 Å². The number of primary amides is 1. The standard InChI is InChI=1S/C16H20BrN3O3/c1-16(23-15(18)21)5-3-11(4-6-16)20-9-10-7-12(17)14(22-2)8-13(10)19-20/h7-9,11H,3-6H2,1-2H3,(H2,18,21). The number of carbonyl (C=O) groups is 1. The van der Waals surface area contributed by atoms with Gasteiger partial charge in [-0.2, -0.15) is 5.10 Å². The van der Waals surface area contributed by atoms with Gasteiger partial charge < -0.3 is 15.2 Å². The van der Waals surface area contributed by atoms with Crippen LogP contribution in [0.5, 0.6) is 5.75 Å². The predicted molar refractivity (Wildman–Crippen MR) is 90.6 cm³/mol. The highest BCUT2D eigenvalue weighted by atomic mass is 79.9. The Kier molecular flexibility index (Phi) is 4.23. The average Bonchev–Trinajstić information content (AvgIpc) is 2.88. The summed E-state index contributed by atoms with van der Waals surface area (Å²) < 4.78 is 13.5. The van der Waals surface area contributed by atoms with Gasteiger partial charge in [0.05, 0.1) is 23.1 Å². The van der Waals surface area contributed by atoms with Crippen molar-refractivity contribution in [3.63, 3.8) is 0 Å². The molecule has 1 heterocycles. The Morgan fingerprint density at radius 1 is 1.43 bits per heavy atom. The minimum Gasteiger partial charge on any atom is -0.495 e. The van der Waals surface area contributed by atoms with E-state index in [1.54, 1.807) is 7.11 Å². The number of halogens is 1. The molecule has 1 aliphatic rings. The maximum Gasteiger partial charge on any atom is 0.405 e. The van der Waals surface area contributed by atoms with E-state index >= 15 is 0 Å². The number of rotatable bonds is 3. The number of amides is 1. The Balaban J connectivity index is 1.78. The number of methoxy groups -OCH3 is 1. The molecule has 0 bridgehead atoms. The Morgan fingerprint density at radius 3 is 2.74 bits per heavy atom.